The quantitative estimate of drug-likeness (QED) is 0.268. The predicted molar refractivity (Wildman–Crippen MR) is 57.4 cm³/mol. The average molecular weight is 419 g/mol. The molecule has 0 aromatic heterocycles. The molecule has 2 nitrogen and oxygen atoms in total. The third-order valence-corrected chi connectivity index (χ3v) is 1.94. The maximum absolute atomic E-state index is 9.81. The van der Waals surface area contributed by atoms with Gasteiger partial charge in [0.2, 0.25) is 0 Å². The zero-order valence-electron chi connectivity index (χ0n) is 9.25. The molecule has 14 heavy (non-hydrogen) atoms. The summed E-state index contributed by atoms with van der Waals surface area (Å²) in [5.41, 5.74) is 1.34. The second kappa shape index (κ2) is 8.64. The second-order valence-corrected chi connectivity index (χ2v) is 4.37. The fourth-order valence-corrected chi connectivity index (χ4v) is 1.03. The second-order valence-electron chi connectivity index (χ2n) is 4.37. The van der Waals surface area contributed by atoms with E-state index in [1.807, 2.05) is 0 Å². The molecule has 0 aliphatic rings. The third-order valence-electron chi connectivity index (χ3n) is 1.94. The van der Waals surface area contributed by atoms with E-state index in [-0.39, 0.29) is 35.4 Å². The molecule has 0 bridgehead atoms. The van der Waals surface area contributed by atoms with Gasteiger partial charge in [0, 0.05) is 29.9 Å². The molecule has 1 radical (unpaired) electrons. The molecular weight excluding hydrogens is 399 g/mol. The van der Waals surface area contributed by atoms with Crippen LogP contribution in [-0.4, -0.2) is 6.54 Å². The SMILES string of the molecule is C=C(CCCN=O)CCC([CH2-])(C)C.[Np]. The van der Waals surface area contributed by atoms with Crippen molar-refractivity contribution < 1.29 is 29.9 Å². The third kappa shape index (κ3) is 12.4. The topological polar surface area (TPSA) is 29.4 Å². The van der Waals surface area contributed by atoms with Crippen LogP contribution in [0.5, 0.6) is 0 Å². The first-order valence-electron chi connectivity index (χ1n) is 4.77. The van der Waals surface area contributed by atoms with E-state index in [4.69, 9.17) is 0 Å². The van der Waals surface area contributed by atoms with E-state index >= 15 is 0 Å². The van der Waals surface area contributed by atoms with Gasteiger partial charge in [-0.1, -0.05) is 37.6 Å². The van der Waals surface area contributed by atoms with Crippen molar-refractivity contribution in [3.05, 3.63) is 24.0 Å². The maximum Gasteiger partial charge on any atom is 0.0814 e. The molecule has 0 aliphatic carbocycles. The van der Waals surface area contributed by atoms with Gasteiger partial charge in [-0.3, -0.25) is 0 Å². The van der Waals surface area contributed by atoms with E-state index in [0.717, 1.165) is 25.7 Å². The van der Waals surface area contributed by atoms with Crippen LogP contribution in [0.25, 0.3) is 0 Å². The van der Waals surface area contributed by atoms with Crippen molar-refractivity contribution in [3.8, 4) is 0 Å². The van der Waals surface area contributed by atoms with Crippen LogP contribution in [0.3, 0.4) is 0 Å². The van der Waals surface area contributed by atoms with Gasteiger partial charge in [-0.05, 0) is 19.3 Å². The zero-order valence-corrected chi connectivity index (χ0v) is 13.0. The molecule has 0 saturated heterocycles. The number of nitrogens with zero attached hydrogens (tertiary/aromatic N) is 1. The minimum absolute atomic E-state index is 0. The maximum atomic E-state index is 9.81. The number of allylic oxidation sites excluding steroid dienone is 1. The van der Waals surface area contributed by atoms with E-state index in [2.05, 4.69) is 32.5 Å². The normalized spacial score (nSPS) is 10.5. The Kier molecular flexibility index (Phi) is 10.4. The number of nitroso groups, excluding NO2 is 1. The number of hydrogen-bond acceptors (Lipinski definition) is 2. The minimum atomic E-state index is 0. The summed E-state index contributed by atoms with van der Waals surface area (Å²) in [4.78, 5) is 9.81. The monoisotopic (exact) mass is 418 g/mol. The Morgan fingerprint density at radius 3 is 2.43 bits per heavy atom. The molecule has 3 heteroatoms. The molecular formula is C11H20NNpO-. The van der Waals surface area contributed by atoms with Gasteiger partial charge in [0.1, 0.15) is 0 Å². The van der Waals surface area contributed by atoms with Crippen LogP contribution < -0.4 is 0 Å². The van der Waals surface area contributed by atoms with Crippen LogP contribution in [0.15, 0.2) is 17.3 Å². The summed E-state index contributed by atoms with van der Waals surface area (Å²) < 4.78 is 0. The molecule has 0 fully saturated rings. The van der Waals surface area contributed by atoms with Crippen LogP contribution >= 0.6 is 0 Å². The minimum Gasteiger partial charge on any atom is -0.338 e. The average Bonchev–Trinajstić information content (AvgIpc) is 2.00. The smallest absolute Gasteiger partial charge is 0.0814 e. The van der Waals surface area contributed by atoms with E-state index in [0.29, 0.717) is 6.54 Å². The van der Waals surface area contributed by atoms with Crippen molar-refractivity contribution >= 4 is 0 Å². The van der Waals surface area contributed by atoms with Crippen LogP contribution in [0, 0.1) is 47.2 Å². The van der Waals surface area contributed by atoms with E-state index in [9.17, 15) is 4.91 Å². The molecule has 81 valence electrons. The van der Waals surface area contributed by atoms with Gasteiger partial charge in [0.05, 0.1) is 6.54 Å². The summed E-state index contributed by atoms with van der Waals surface area (Å²) >= 11 is 0. The van der Waals surface area contributed by atoms with Gasteiger partial charge >= 0.3 is 0 Å². The predicted octanol–water partition coefficient (Wildman–Crippen LogP) is 3.73. The Balaban J connectivity index is 0. The molecule has 0 saturated carbocycles. The van der Waals surface area contributed by atoms with E-state index in [1.54, 1.807) is 0 Å². The molecule has 0 aliphatic heterocycles. The Bertz CT molecular complexity index is 173. The van der Waals surface area contributed by atoms with Crippen LogP contribution in [0.1, 0.15) is 39.5 Å². The van der Waals surface area contributed by atoms with Gasteiger partial charge in [-0.15, -0.1) is 0 Å². The van der Waals surface area contributed by atoms with Crippen molar-refractivity contribution in [1.82, 2.24) is 0 Å². The summed E-state index contributed by atoms with van der Waals surface area (Å²) in [6.07, 6.45) is 3.82. The molecule has 0 aromatic rings. The first-order valence-corrected chi connectivity index (χ1v) is 4.77. The Morgan fingerprint density at radius 1 is 1.43 bits per heavy atom. The van der Waals surface area contributed by atoms with Gasteiger partial charge in [-0.2, -0.15) is 10.3 Å². The van der Waals surface area contributed by atoms with Crippen LogP contribution in [0.4, 0.5) is 0 Å². The molecule has 0 rings (SSSR count). The fraction of sp³-hybridized carbons (Fsp3) is 0.727. The van der Waals surface area contributed by atoms with Gasteiger partial charge < -0.3 is 6.92 Å². The summed E-state index contributed by atoms with van der Waals surface area (Å²) in [6, 6.07) is 0. The molecule has 0 spiro atoms. The zero-order chi connectivity index (χ0) is 10.3. The molecule has 0 atom stereocenters. The van der Waals surface area contributed by atoms with E-state index < -0.39 is 0 Å². The molecule has 0 amide bonds. The van der Waals surface area contributed by atoms with Crippen molar-refractivity contribution in [2.75, 3.05) is 6.54 Å². The number of hydrogen-bond donors (Lipinski definition) is 0. The molecule has 0 heterocycles. The van der Waals surface area contributed by atoms with E-state index in [1.165, 1.54) is 5.57 Å². The molecule has 0 aromatic carbocycles. The van der Waals surface area contributed by atoms with Crippen molar-refractivity contribution in [2.24, 2.45) is 10.6 Å². The fourth-order valence-electron chi connectivity index (χ4n) is 1.03. The van der Waals surface area contributed by atoms with Crippen LogP contribution in [0.2, 0.25) is 0 Å². The van der Waals surface area contributed by atoms with Gasteiger partial charge in [0.25, 0.3) is 0 Å². The summed E-state index contributed by atoms with van der Waals surface area (Å²) in [7, 11) is 0. The Morgan fingerprint density at radius 2 is 2.00 bits per heavy atom. The summed E-state index contributed by atoms with van der Waals surface area (Å²) in [6.45, 7) is 12.6. The first-order chi connectivity index (χ1) is 5.95. The molecule has 0 unspecified atom stereocenters. The summed E-state index contributed by atoms with van der Waals surface area (Å²) in [5.74, 6) is 0. The Labute approximate surface area is 110 Å². The Hall–Kier alpha value is 0.353. The first kappa shape index (κ1) is 16.8. The van der Waals surface area contributed by atoms with Crippen LogP contribution in [-0.2, 0) is 0 Å². The van der Waals surface area contributed by atoms with Crippen molar-refractivity contribution in [1.29, 1.82) is 0 Å². The number of rotatable bonds is 7. The van der Waals surface area contributed by atoms with Gasteiger partial charge in [-0.25, -0.2) is 0 Å². The summed E-state index contributed by atoms with van der Waals surface area (Å²) in [5, 5.41) is 2.81. The standard InChI is InChI=1S/C11H20NO.Np/c1-10(6-5-9-12-13)7-8-11(2,3)4;/h1-2,5-9H2,3-4H3;/q-1;. The van der Waals surface area contributed by atoms with Gasteiger partial charge in [0.15, 0.2) is 0 Å². The van der Waals surface area contributed by atoms with Crippen molar-refractivity contribution in [3.63, 3.8) is 0 Å². The largest absolute Gasteiger partial charge is 0.338 e. The molecule has 0 N–H and O–H groups in total. The van der Waals surface area contributed by atoms with Crippen molar-refractivity contribution in [2.45, 2.75) is 39.5 Å².